The van der Waals surface area contributed by atoms with Crippen LogP contribution in [0.5, 0.6) is 0 Å². The summed E-state index contributed by atoms with van der Waals surface area (Å²) in [7, 11) is 0. The number of imide groups is 2. The first kappa shape index (κ1) is 24.5. The van der Waals surface area contributed by atoms with Gasteiger partial charge in [-0.2, -0.15) is 13.2 Å². The molecule has 1 saturated heterocycles. The zero-order valence-electron chi connectivity index (χ0n) is 16.5. The molecule has 1 aromatic rings. The predicted molar refractivity (Wildman–Crippen MR) is 102 cm³/mol. The topological polar surface area (TPSA) is 147 Å². The van der Waals surface area contributed by atoms with Gasteiger partial charge in [-0.15, -0.1) is 0 Å². The number of nitrogens with zero attached hydrogens (tertiary/aromatic N) is 1. The van der Waals surface area contributed by atoms with E-state index in [4.69, 9.17) is 15.6 Å². The number of hydrogen-bond acceptors (Lipinski definition) is 6. The number of rotatable bonds is 3. The van der Waals surface area contributed by atoms with Crippen molar-refractivity contribution in [3.05, 3.63) is 34.9 Å². The van der Waals surface area contributed by atoms with Crippen molar-refractivity contribution in [2.24, 2.45) is 5.73 Å². The number of nitrogens with two attached hydrogens (primary N) is 1. The lowest BCUT2D eigenvalue weighted by molar-refractivity contribution is -0.192. The van der Waals surface area contributed by atoms with Crippen molar-refractivity contribution in [1.29, 1.82) is 0 Å². The maximum Gasteiger partial charge on any atom is 0.490 e. The Balaban J connectivity index is 0.000000451. The summed E-state index contributed by atoms with van der Waals surface area (Å²) >= 11 is 0. The van der Waals surface area contributed by atoms with Gasteiger partial charge in [-0.3, -0.25) is 29.4 Å². The molecule has 0 aromatic heterocycles. The molecule has 0 radical (unpaired) electrons. The zero-order valence-corrected chi connectivity index (χ0v) is 16.5. The Morgan fingerprint density at radius 2 is 1.88 bits per heavy atom. The highest BCUT2D eigenvalue weighted by Crippen LogP contribution is 2.29. The van der Waals surface area contributed by atoms with Gasteiger partial charge < -0.3 is 10.8 Å². The highest BCUT2D eigenvalue weighted by molar-refractivity contribution is 6.24. The first-order chi connectivity index (χ1) is 15.0. The van der Waals surface area contributed by atoms with Gasteiger partial charge in [0.25, 0.3) is 11.8 Å². The van der Waals surface area contributed by atoms with Crippen LogP contribution in [0.15, 0.2) is 18.2 Å². The van der Waals surface area contributed by atoms with E-state index in [1.54, 1.807) is 18.2 Å². The van der Waals surface area contributed by atoms with Crippen LogP contribution in [-0.2, 0) is 14.4 Å². The predicted octanol–water partition coefficient (Wildman–Crippen LogP) is 0.811. The monoisotopic (exact) mass is 453 g/mol. The van der Waals surface area contributed by atoms with Gasteiger partial charge in [-0.05, 0) is 31.5 Å². The number of halogens is 3. The van der Waals surface area contributed by atoms with Gasteiger partial charge in [-0.25, -0.2) is 4.79 Å². The van der Waals surface area contributed by atoms with Gasteiger partial charge in [0.2, 0.25) is 11.8 Å². The smallest absolute Gasteiger partial charge is 0.475 e. The molecule has 1 unspecified atom stereocenters. The molecule has 12 heteroatoms. The SMILES string of the molecule is NCCCC#Cc1cccc2c1C(=O)N(C1CCC(=O)NC1=O)C2=O.O=C(O)C(F)(F)F. The van der Waals surface area contributed by atoms with Crippen molar-refractivity contribution in [2.45, 2.75) is 37.9 Å². The molecule has 170 valence electrons. The van der Waals surface area contributed by atoms with Crippen LogP contribution in [-0.4, -0.2) is 58.4 Å². The van der Waals surface area contributed by atoms with Crippen LogP contribution in [0, 0.1) is 11.8 Å². The third-order valence-electron chi connectivity index (χ3n) is 4.44. The minimum Gasteiger partial charge on any atom is -0.475 e. The molecule has 32 heavy (non-hydrogen) atoms. The van der Waals surface area contributed by atoms with Gasteiger partial charge in [0.05, 0.1) is 11.1 Å². The van der Waals surface area contributed by atoms with E-state index in [-0.39, 0.29) is 24.0 Å². The first-order valence-electron chi connectivity index (χ1n) is 9.32. The van der Waals surface area contributed by atoms with Crippen LogP contribution < -0.4 is 11.1 Å². The fourth-order valence-corrected chi connectivity index (χ4v) is 2.97. The van der Waals surface area contributed by atoms with Crippen LogP contribution in [0.25, 0.3) is 0 Å². The normalized spacial score (nSPS) is 17.6. The molecule has 9 nitrogen and oxygen atoms in total. The summed E-state index contributed by atoms with van der Waals surface area (Å²) in [5, 5.41) is 9.30. The molecular formula is C20H18F3N3O6. The molecule has 3 rings (SSSR count). The second-order valence-electron chi connectivity index (χ2n) is 6.67. The second-order valence-corrected chi connectivity index (χ2v) is 6.67. The van der Waals surface area contributed by atoms with Crippen molar-refractivity contribution < 1.29 is 42.3 Å². The number of nitrogens with one attached hydrogen (secondary N) is 1. The highest BCUT2D eigenvalue weighted by Gasteiger charge is 2.45. The number of carbonyl (C=O) groups is 5. The first-order valence-corrected chi connectivity index (χ1v) is 9.32. The molecule has 4 amide bonds. The maximum absolute atomic E-state index is 12.8. The van der Waals surface area contributed by atoms with E-state index < -0.39 is 41.8 Å². The molecule has 0 saturated carbocycles. The van der Waals surface area contributed by atoms with Crippen molar-refractivity contribution in [1.82, 2.24) is 10.2 Å². The quantitative estimate of drug-likeness (QED) is 0.349. The number of unbranched alkanes of at least 4 members (excludes halogenated alkanes) is 1. The minimum atomic E-state index is -5.08. The highest BCUT2D eigenvalue weighted by atomic mass is 19.4. The molecular weight excluding hydrogens is 435 g/mol. The van der Waals surface area contributed by atoms with Gasteiger partial charge in [0.1, 0.15) is 6.04 Å². The molecule has 4 N–H and O–H groups in total. The van der Waals surface area contributed by atoms with Gasteiger partial charge >= 0.3 is 12.1 Å². The number of amides is 4. The fourth-order valence-electron chi connectivity index (χ4n) is 2.97. The Kier molecular flexibility index (Phi) is 7.72. The molecule has 1 fully saturated rings. The summed E-state index contributed by atoms with van der Waals surface area (Å²) < 4.78 is 31.7. The van der Waals surface area contributed by atoms with Gasteiger partial charge in [-0.1, -0.05) is 17.9 Å². The van der Waals surface area contributed by atoms with E-state index in [1.165, 1.54) is 0 Å². The Labute approximate surface area is 179 Å². The number of carboxylic acid groups (broad SMARTS) is 1. The van der Waals surface area contributed by atoms with E-state index in [2.05, 4.69) is 17.2 Å². The number of fused-ring (bicyclic) bond motifs is 1. The second kappa shape index (κ2) is 10.1. The zero-order chi connectivity index (χ0) is 24.1. The van der Waals surface area contributed by atoms with Crippen LogP contribution in [0.2, 0.25) is 0 Å². The Bertz CT molecular complexity index is 1030. The summed E-state index contributed by atoms with van der Waals surface area (Å²) in [5.41, 5.74) is 6.34. The molecule has 0 spiro atoms. The van der Waals surface area contributed by atoms with Gasteiger partial charge in [0.15, 0.2) is 0 Å². The summed E-state index contributed by atoms with van der Waals surface area (Å²) in [6.45, 7) is 0.530. The van der Waals surface area contributed by atoms with Crippen molar-refractivity contribution in [3.63, 3.8) is 0 Å². The fraction of sp³-hybridized carbons (Fsp3) is 0.350. The Morgan fingerprint density at radius 3 is 2.44 bits per heavy atom. The molecule has 0 bridgehead atoms. The number of hydrogen-bond donors (Lipinski definition) is 3. The standard InChI is InChI=1S/C18H17N3O4.C2HF3O2/c19-10-3-1-2-5-11-6-4-7-12-15(11)18(25)21(17(12)24)13-8-9-14(22)20-16(13)23;3-2(4,5)1(6)7/h4,6-7,13H,1,3,8-10,19H2,(H,20,22,23);(H,6,7). The lowest BCUT2D eigenvalue weighted by Gasteiger charge is -2.27. The Hall–Kier alpha value is -3.72. The average molecular weight is 453 g/mol. The summed E-state index contributed by atoms with van der Waals surface area (Å²) in [6, 6.07) is 3.91. The van der Waals surface area contributed by atoms with Crippen molar-refractivity contribution in [2.75, 3.05) is 6.54 Å². The number of benzene rings is 1. The molecule has 0 aliphatic carbocycles. The lowest BCUT2D eigenvalue weighted by atomic mass is 10.0. The van der Waals surface area contributed by atoms with Gasteiger partial charge in [0, 0.05) is 18.4 Å². The lowest BCUT2D eigenvalue weighted by Crippen LogP contribution is -2.54. The molecule has 2 aliphatic heterocycles. The van der Waals surface area contributed by atoms with E-state index in [0.29, 0.717) is 18.5 Å². The van der Waals surface area contributed by atoms with E-state index in [9.17, 15) is 32.3 Å². The number of carboxylic acids is 1. The van der Waals surface area contributed by atoms with E-state index in [0.717, 1.165) is 11.3 Å². The van der Waals surface area contributed by atoms with Crippen LogP contribution in [0.1, 0.15) is 52.0 Å². The molecule has 1 aromatic carbocycles. The number of alkyl halides is 3. The van der Waals surface area contributed by atoms with E-state index in [1.807, 2.05) is 0 Å². The number of carbonyl (C=O) groups excluding carboxylic acids is 4. The van der Waals surface area contributed by atoms with E-state index >= 15 is 0 Å². The van der Waals surface area contributed by atoms with Crippen molar-refractivity contribution in [3.8, 4) is 11.8 Å². The van der Waals surface area contributed by atoms with Crippen molar-refractivity contribution >= 4 is 29.6 Å². The molecule has 2 aliphatic rings. The molecule has 1 atom stereocenters. The Morgan fingerprint density at radius 1 is 1.22 bits per heavy atom. The molecule has 2 heterocycles. The summed E-state index contributed by atoms with van der Waals surface area (Å²) in [6.07, 6.45) is -3.51. The van der Waals surface area contributed by atoms with Crippen LogP contribution >= 0.6 is 0 Å². The summed E-state index contributed by atoms with van der Waals surface area (Å²) in [4.78, 5) is 58.6. The van der Waals surface area contributed by atoms with Crippen LogP contribution in [0.4, 0.5) is 13.2 Å². The third-order valence-corrected chi connectivity index (χ3v) is 4.44. The minimum absolute atomic E-state index is 0.0928. The summed E-state index contributed by atoms with van der Waals surface area (Å²) in [5.74, 6) is 1.00. The third kappa shape index (κ3) is 5.50. The largest absolute Gasteiger partial charge is 0.490 e. The van der Waals surface area contributed by atoms with Crippen LogP contribution in [0.3, 0.4) is 0 Å². The number of aliphatic carboxylic acids is 1. The maximum atomic E-state index is 12.8. The average Bonchev–Trinajstić information content (AvgIpc) is 2.96. The number of piperidine rings is 1.